The summed E-state index contributed by atoms with van der Waals surface area (Å²) >= 11 is 1.80. The summed E-state index contributed by atoms with van der Waals surface area (Å²) in [6.45, 7) is 4.45. The van der Waals surface area contributed by atoms with E-state index < -0.39 is 0 Å². The average Bonchev–Trinajstić information content (AvgIpc) is 2.61. The Labute approximate surface area is 145 Å². The van der Waals surface area contributed by atoms with E-state index in [2.05, 4.69) is 48.0 Å². The molecule has 2 aliphatic heterocycles. The van der Waals surface area contributed by atoms with Crippen LogP contribution in [0.2, 0.25) is 0 Å². The van der Waals surface area contributed by atoms with E-state index in [1.807, 2.05) is 30.5 Å². The van der Waals surface area contributed by atoms with Crippen molar-refractivity contribution in [3.63, 3.8) is 0 Å². The molecule has 0 fully saturated rings. The Balaban J connectivity index is 1.81. The van der Waals surface area contributed by atoms with E-state index >= 15 is 0 Å². The predicted octanol–water partition coefficient (Wildman–Crippen LogP) is 6.25. The molecule has 1 aromatic heterocycles. The fraction of sp³-hybridized carbons (Fsp3) is 0.150. The minimum Gasteiger partial charge on any atom is -0.451 e. The van der Waals surface area contributed by atoms with Crippen LogP contribution in [0.25, 0.3) is 0 Å². The highest BCUT2D eigenvalue weighted by Crippen LogP contribution is 2.59. The number of benzene rings is 2. The lowest BCUT2D eigenvalue weighted by molar-refractivity contribution is 0.472. The van der Waals surface area contributed by atoms with Crippen LogP contribution in [-0.4, -0.2) is 4.98 Å². The molecule has 0 amide bonds. The summed E-state index contributed by atoms with van der Waals surface area (Å²) in [4.78, 5) is 9.32. The number of aromatic nitrogens is 1. The van der Waals surface area contributed by atoms with Gasteiger partial charge in [0.05, 0.1) is 5.69 Å². The van der Waals surface area contributed by atoms with Crippen molar-refractivity contribution in [3.05, 3.63) is 60.3 Å². The summed E-state index contributed by atoms with van der Waals surface area (Å²) in [7, 11) is 0. The molecular weight excluding hydrogens is 316 g/mol. The molecule has 0 atom stereocenters. The molecule has 24 heavy (non-hydrogen) atoms. The molecule has 0 radical (unpaired) electrons. The zero-order valence-electron chi connectivity index (χ0n) is 13.5. The summed E-state index contributed by atoms with van der Waals surface area (Å²) in [6.07, 6.45) is 1.82. The molecule has 0 unspecified atom stereocenters. The minimum absolute atomic E-state index is 0.487. The first-order valence-corrected chi connectivity index (χ1v) is 8.92. The van der Waals surface area contributed by atoms with Crippen LogP contribution in [-0.2, 0) is 0 Å². The molecule has 0 N–H and O–H groups in total. The quantitative estimate of drug-likeness (QED) is 0.362. The van der Waals surface area contributed by atoms with Gasteiger partial charge in [0, 0.05) is 16.0 Å². The van der Waals surface area contributed by atoms with E-state index in [-0.39, 0.29) is 0 Å². The van der Waals surface area contributed by atoms with Crippen LogP contribution < -0.4 is 9.64 Å². The summed E-state index contributed by atoms with van der Waals surface area (Å²) in [6, 6.07) is 16.9. The van der Waals surface area contributed by atoms with Gasteiger partial charge in [0.25, 0.3) is 0 Å². The van der Waals surface area contributed by atoms with Crippen LogP contribution in [0.15, 0.2) is 64.5 Å². The van der Waals surface area contributed by atoms with Gasteiger partial charge >= 0.3 is 0 Å². The number of hydrogen-bond donors (Lipinski definition) is 0. The van der Waals surface area contributed by atoms with Crippen LogP contribution in [0.5, 0.6) is 11.5 Å². The molecule has 3 heterocycles. The minimum atomic E-state index is 0.487. The first kappa shape index (κ1) is 13.9. The lowest BCUT2D eigenvalue weighted by atomic mass is 10.0. The van der Waals surface area contributed by atoms with E-state index in [4.69, 9.17) is 4.74 Å². The normalized spacial score (nSPS) is 13.9. The summed E-state index contributed by atoms with van der Waals surface area (Å²) < 4.78 is 6.10. The topological polar surface area (TPSA) is 25.4 Å². The van der Waals surface area contributed by atoms with Gasteiger partial charge in [-0.25, -0.2) is 4.98 Å². The third-order valence-corrected chi connectivity index (χ3v) is 5.59. The number of rotatable bonds is 1. The molecule has 3 aromatic rings. The Morgan fingerprint density at radius 2 is 1.88 bits per heavy atom. The fourth-order valence-corrected chi connectivity index (χ4v) is 4.31. The third kappa shape index (κ3) is 1.89. The molecular formula is C20H16N2OS. The standard InChI is InChI=1S/C20H16N2OS/c1-12(2)13-8-9-17-14(11-13)22-19-15(5-3-7-18(19)24-17)23-16-6-4-10-21-20(16)22/h3-12H,1-2H3. The Hall–Kier alpha value is -2.46. The molecule has 0 aliphatic carbocycles. The molecule has 4 heteroatoms. The van der Waals surface area contributed by atoms with E-state index in [1.165, 1.54) is 21.0 Å². The Morgan fingerprint density at radius 3 is 2.75 bits per heavy atom. The van der Waals surface area contributed by atoms with E-state index in [0.717, 1.165) is 23.0 Å². The van der Waals surface area contributed by atoms with Gasteiger partial charge in [0.15, 0.2) is 17.3 Å². The summed E-state index contributed by atoms with van der Waals surface area (Å²) in [5.74, 6) is 3.04. The van der Waals surface area contributed by atoms with E-state index in [9.17, 15) is 0 Å². The van der Waals surface area contributed by atoms with Gasteiger partial charge in [-0.1, -0.05) is 37.7 Å². The monoisotopic (exact) mass is 332 g/mol. The molecule has 2 aliphatic rings. The van der Waals surface area contributed by atoms with Gasteiger partial charge in [-0.05, 0) is 47.9 Å². The zero-order valence-corrected chi connectivity index (χ0v) is 14.3. The summed E-state index contributed by atoms with van der Waals surface area (Å²) in [5, 5.41) is 0. The van der Waals surface area contributed by atoms with Gasteiger partial charge in [-0.15, -0.1) is 0 Å². The summed E-state index contributed by atoms with van der Waals surface area (Å²) in [5.41, 5.74) is 3.62. The molecule has 0 spiro atoms. The van der Waals surface area contributed by atoms with Crippen LogP contribution in [0.4, 0.5) is 17.2 Å². The van der Waals surface area contributed by atoms with Crippen molar-refractivity contribution in [3.8, 4) is 11.5 Å². The van der Waals surface area contributed by atoms with Gasteiger partial charge in [0.2, 0.25) is 0 Å². The van der Waals surface area contributed by atoms with Crippen molar-refractivity contribution in [2.24, 2.45) is 0 Å². The molecule has 0 saturated carbocycles. The second-order valence-corrected chi connectivity index (χ2v) is 7.43. The van der Waals surface area contributed by atoms with Crippen molar-refractivity contribution in [1.29, 1.82) is 0 Å². The number of nitrogens with zero attached hydrogens (tertiary/aromatic N) is 2. The maximum absolute atomic E-state index is 6.10. The average molecular weight is 332 g/mol. The van der Waals surface area contributed by atoms with Crippen molar-refractivity contribution >= 4 is 29.0 Å². The smallest absolute Gasteiger partial charge is 0.181 e. The lowest BCUT2D eigenvalue weighted by Crippen LogP contribution is -2.20. The maximum Gasteiger partial charge on any atom is 0.181 e. The SMILES string of the molecule is CC(C)c1ccc2c(c1)N1c3ncccc3Oc3cccc(c31)S2. The van der Waals surface area contributed by atoms with E-state index in [0.29, 0.717) is 5.92 Å². The Kier molecular flexibility index (Phi) is 2.91. The Bertz CT molecular complexity index is 953. The molecule has 3 nitrogen and oxygen atoms in total. The second-order valence-electron chi connectivity index (χ2n) is 6.35. The highest BCUT2D eigenvalue weighted by molar-refractivity contribution is 7.99. The van der Waals surface area contributed by atoms with Gasteiger partial charge in [-0.2, -0.15) is 0 Å². The molecule has 0 saturated heterocycles. The van der Waals surface area contributed by atoms with Crippen molar-refractivity contribution in [2.45, 2.75) is 29.6 Å². The Morgan fingerprint density at radius 1 is 1.00 bits per heavy atom. The second kappa shape index (κ2) is 5.02. The predicted molar refractivity (Wildman–Crippen MR) is 97.2 cm³/mol. The van der Waals surface area contributed by atoms with E-state index in [1.54, 1.807) is 11.8 Å². The molecule has 5 rings (SSSR count). The maximum atomic E-state index is 6.10. The van der Waals surface area contributed by atoms with Gasteiger partial charge in [-0.3, -0.25) is 4.90 Å². The fourth-order valence-electron chi connectivity index (χ4n) is 3.25. The van der Waals surface area contributed by atoms with Crippen LogP contribution in [0.3, 0.4) is 0 Å². The lowest BCUT2D eigenvalue weighted by Gasteiger charge is -2.37. The number of hydrogen-bond acceptors (Lipinski definition) is 4. The van der Waals surface area contributed by atoms with Crippen LogP contribution >= 0.6 is 11.8 Å². The number of fused-ring (bicyclic) bond motifs is 4. The van der Waals surface area contributed by atoms with Crippen molar-refractivity contribution in [2.75, 3.05) is 4.90 Å². The largest absolute Gasteiger partial charge is 0.451 e. The molecule has 0 bridgehead atoms. The number of pyridine rings is 1. The number of para-hydroxylation sites is 1. The molecule has 2 aromatic carbocycles. The molecule has 118 valence electrons. The number of anilines is 3. The first-order valence-electron chi connectivity index (χ1n) is 8.10. The third-order valence-electron chi connectivity index (χ3n) is 4.48. The van der Waals surface area contributed by atoms with Crippen molar-refractivity contribution in [1.82, 2.24) is 4.98 Å². The van der Waals surface area contributed by atoms with Crippen LogP contribution in [0.1, 0.15) is 25.3 Å². The highest BCUT2D eigenvalue weighted by Gasteiger charge is 2.34. The zero-order chi connectivity index (χ0) is 16.3. The van der Waals surface area contributed by atoms with Gasteiger partial charge < -0.3 is 4.74 Å². The van der Waals surface area contributed by atoms with Crippen LogP contribution in [0, 0.1) is 0 Å². The van der Waals surface area contributed by atoms with Crippen molar-refractivity contribution < 1.29 is 4.74 Å². The number of ether oxygens (including phenoxy) is 1. The highest BCUT2D eigenvalue weighted by atomic mass is 32.2. The van der Waals surface area contributed by atoms with Gasteiger partial charge in [0.1, 0.15) is 5.69 Å². The first-order chi connectivity index (χ1) is 11.7.